The molecule has 1 saturated heterocycles. The highest BCUT2D eigenvalue weighted by Gasteiger charge is 2.37. The van der Waals surface area contributed by atoms with Crippen LogP contribution in [-0.4, -0.2) is 55.9 Å². The van der Waals surface area contributed by atoms with Gasteiger partial charge in [-0.1, -0.05) is 13.0 Å². The minimum absolute atomic E-state index is 0.0477. The molecular formula is C15H21F3N2O3S2. The normalized spacial score (nSPS) is 17.6. The van der Waals surface area contributed by atoms with Gasteiger partial charge in [-0.25, -0.2) is 8.42 Å². The molecule has 1 amide bonds. The summed E-state index contributed by atoms with van der Waals surface area (Å²) in [5.74, 6) is -1.10. The lowest BCUT2D eigenvalue weighted by Gasteiger charge is -2.33. The van der Waals surface area contributed by atoms with E-state index in [1.54, 1.807) is 18.4 Å². The number of hydrogen-bond acceptors (Lipinski definition) is 4. The van der Waals surface area contributed by atoms with E-state index in [4.69, 9.17) is 0 Å². The minimum atomic E-state index is -4.44. The molecule has 0 N–H and O–H groups in total. The second-order valence-electron chi connectivity index (χ2n) is 5.99. The molecule has 0 aromatic carbocycles. The zero-order valence-electron chi connectivity index (χ0n) is 13.8. The standard InChI is InChI=1S/C15H21F3N2O3S2/c1-2-7-19(11-15(16,17)18)14(21)12-5-8-20(9-6-12)25(22,23)13-4-3-10-24-13/h3-4,10,12H,2,5-9,11H2,1H3. The summed E-state index contributed by atoms with van der Waals surface area (Å²) in [7, 11) is -3.58. The van der Waals surface area contributed by atoms with Crippen molar-refractivity contribution in [2.75, 3.05) is 26.2 Å². The minimum Gasteiger partial charge on any atom is -0.333 e. The van der Waals surface area contributed by atoms with Gasteiger partial charge >= 0.3 is 6.18 Å². The molecule has 0 aliphatic carbocycles. The van der Waals surface area contributed by atoms with Crippen molar-refractivity contribution in [2.24, 2.45) is 5.92 Å². The molecule has 25 heavy (non-hydrogen) atoms. The Balaban J connectivity index is 1.99. The number of rotatable bonds is 6. The molecule has 2 rings (SSSR count). The molecule has 0 spiro atoms. The van der Waals surface area contributed by atoms with Crippen LogP contribution in [0.2, 0.25) is 0 Å². The third-order valence-electron chi connectivity index (χ3n) is 4.07. The SMILES string of the molecule is CCCN(CC(F)(F)F)C(=O)C1CCN(S(=O)(=O)c2cccs2)CC1. The molecule has 0 radical (unpaired) electrons. The van der Waals surface area contributed by atoms with Gasteiger partial charge in [-0.05, 0) is 30.7 Å². The summed E-state index contributed by atoms with van der Waals surface area (Å²) in [4.78, 5) is 13.3. The lowest BCUT2D eigenvalue weighted by Crippen LogP contribution is -2.46. The lowest BCUT2D eigenvalue weighted by molar-refractivity contribution is -0.164. The largest absolute Gasteiger partial charge is 0.406 e. The van der Waals surface area contributed by atoms with E-state index in [-0.39, 0.29) is 36.7 Å². The van der Waals surface area contributed by atoms with Crippen LogP contribution in [0.3, 0.4) is 0 Å². The Morgan fingerprint density at radius 1 is 1.36 bits per heavy atom. The van der Waals surface area contributed by atoms with Crippen LogP contribution in [0.25, 0.3) is 0 Å². The summed E-state index contributed by atoms with van der Waals surface area (Å²) in [5.41, 5.74) is 0. The molecule has 1 fully saturated rings. The van der Waals surface area contributed by atoms with Crippen molar-refractivity contribution in [2.45, 2.75) is 36.6 Å². The zero-order chi connectivity index (χ0) is 18.7. The number of piperidine rings is 1. The Labute approximate surface area is 149 Å². The van der Waals surface area contributed by atoms with E-state index in [0.717, 1.165) is 16.2 Å². The maximum absolute atomic E-state index is 12.7. The highest BCUT2D eigenvalue weighted by Crippen LogP contribution is 2.28. The van der Waals surface area contributed by atoms with Gasteiger partial charge in [0, 0.05) is 25.6 Å². The van der Waals surface area contributed by atoms with Gasteiger partial charge in [0.1, 0.15) is 10.8 Å². The van der Waals surface area contributed by atoms with Crippen molar-refractivity contribution in [3.05, 3.63) is 17.5 Å². The first-order chi connectivity index (χ1) is 11.6. The van der Waals surface area contributed by atoms with Crippen LogP contribution < -0.4 is 0 Å². The number of carbonyl (C=O) groups excluding carboxylic acids is 1. The number of sulfonamides is 1. The molecule has 0 saturated carbocycles. The van der Waals surface area contributed by atoms with E-state index >= 15 is 0 Å². The fraction of sp³-hybridized carbons (Fsp3) is 0.667. The van der Waals surface area contributed by atoms with Crippen molar-refractivity contribution < 1.29 is 26.4 Å². The second kappa shape index (κ2) is 8.05. The number of nitrogens with zero attached hydrogens (tertiary/aromatic N) is 2. The Bertz CT molecular complexity index is 667. The van der Waals surface area contributed by atoms with Gasteiger partial charge in [0.15, 0.2) is 0 Å². The van der Waals surface area contributed by atoms with E-state index < -0.39 is 34.6 Å². The maximum atomic E-state index is 12.7. The van der Waals surface area contributed by atoms with Crippen LogP contribution in [0.1, 0.15) is 26.2 Å². The fourth-order valence-corrected chi connectivity index (χ4v) is 5.51. The molecule has 1 aromatic rings. The van der Waals surface area contributed by atoms with Crippen LogP contribution in [0, 0.1) is 5.92 Å². The average Bonchev–Trinajstić information content (AvgIpc) is 3.08. The first kappa shape index (κ1) is 20.2. The number of thiophene rings is 1. The number of carbonyl (C=O) groups is 1. The number of amides is 1. The monoisotopic (exact) mass is 398 g/mol. The Morgan fingerprint density at radius 3 is 2.48 bits per heavy atom. The van der Waals surface area contributed by atoms with Crippen molar-refractivity contribution in [3.8, 4) is 0 Å². The zero-order valence-corrected chi connectivity index (χ0v) is 15.5. The first-order valence-corrected chi connectivity index (χ1v) is 10.4. The third-order valence-corrected chi connectivity index (χ3v) is 7.34. The smallest absolute Gasteiger partial charge is 0.333 e. The topological polar surface area (TPSA) is 57.7 Å². The lowest BCUT2D eigenvalue weighted by atomic mass is 9.96. The molecule has 10 heteroatoms. The predicted molar refractivity (Wildman–Crippen MR) is 88.7 cm³/mol. The van der Waals surface area contributed by atoms with E-state index in [1.807, 2.05) is 0 Å². The highest BCUT2D eigenvalue weighted by atomic mass is 32.2. The van der Waals surface area contributed by atoms with Gasteiger partial charge < -0.3 is 4.90 Å². The number of halogens is 3. The molecule has 1 aromatic heterocycles. The quantitative estimate of drug-likeness (QED) is 0.740. The summed E-state index contributed by atoms with van der Waals surface area (Å²) < 4.78 is 64.4. The van der Waals surface area contributed by atoms with Crippen LogP contribution >= 0.6 is 11.3 Å². The van der Waals surface area contributed by atoms with Gasteiger partial charge in [-0.15, -0.1) is 11.3 Å². The van der Waals surface area contributed by atoms with Crippen LogP contribution in [0.15, 0.2) is 21.7 Å². The molecule has 0 bridgehead atoms. The van der Waals surface area contributed by atoms with E-state index in [0.29, 0.717) is 6.42 Å². The van der Waals surface area contributed by atoms with Crippen LogP contribution in [0.4, 0.5) is 13.2 Å². The summed E-state index contributed by atoms with van der Waals surface area (Å²) in [6, 6.07) is 3.16. The van der Waals surface area contributed by atoms with Gasteiger partial charge in [-0.3, -0.25) is 4.79 Å². The summed E-state index contributed by atoms with van der Waals surface area (Å²) in [6.45, 7) is 0.789. The van der Waals surface area contributed by atoms with Gasteiger partial charge in [0.05, 0.1) is 0 Å². The van der Waals surface area contributed by atoms with E-state index in [2.05, 4.69) is 0 Å². The molecular weight excluding hydrogens is 377 g/mol. The summed E-state index contributed by atoms with van der Waals surface area (Å²) >= 11 is 1.12. The van der Waals surface area contributed by atoms with E-state index in [9.17, 15) is 26.4 Å². The Morgan fingerprint density at radius 2 is 2.00 bits per heavy atom. The molecule has 2 heterocycles. The number of hydrogen-bond donors (Lipinski definition) is 0. The van der Waals surface area contributed by atoms with Crippen molar-refractivity contribution in [1.82, 2.24) is 9.21 Å². The Hall–Kier alpha value is -1.13. The summed E-state index contributed by atoms with van der Waals surface area (Å²) in [6.07, 6.45) is -3.52. The van der Waals surface area contributed by atoms with Crippen LogP contribution in [-0.2, 0) is 14.8 Å². The van der Waals surface area contributed by atoms with Crippen molar-refractivity contribution in [3.63, 3.8) is 0 Å². The fourth-order valence-electron chi connectivity index (χ4n) is 2.89. The van der Waals surface area contributed by atoms with Crippen LogP contribution in [0.5, 0.6) is 0 Å². The summed E-state index contributed by atoms with van der Waals surface area (Å²) in [5, 5.41) is 1.67. The molecule has 0 atom stereocenters. The van der Waals surface area contributed by atoms with E-state index in [1.165, 1.54) is 10.4 Å². The van der Waals surface area contributed by atoms with Gasteiger partial charge in [0.2, 0.25) is 5.91 Å². The van der Waals surface area contributed by atoms with Gasteiger partial charge in [-0.2, -0.15) is 17.5 Å². The highest BCUT2D eigenvalue weighted by molar-refractivity contribution is 7.91. The van der Waals surface area contributed by atoms with Crippen molar-refractivity contribution in [1.29, 1.82) is 0 Å². The molecule has 1 aliphatic heterocycles. The first-order valence-electron chi connectivity index (χ1n) is 8.04. The molecule has 5 nitrogen and oxygen atoms in total. The Kier molecular flexibility index (Phi) is 6.50. The second-order valence-corrected chi connectivity index (χ2v) is 9.10. The molecule has 0 unspecified atom stereocenters. The third kappa shape index (κ3) is 5.18. The van der Waals surface area contributed by atoms with Gasteiger partial charge in [0.25, 0.3) is 10.0 Å². The maximum Gasteiger partial charge on any atom is 0.406 e. The van der Waals surface area contributed by atoms with Crippen molar-refractivity contribution >= 4 is 27.3 Å². The average molecular weight is 398 g/mol. The number of alkyl halides is 3. The molecule has 142 valence electrons. The predicted octanol–water partition coefficient (Wildman–Crippen LogP) is 2.95. The molecule has 1 aliphatic rings.